The molecule has 88 valence electrons. The molecule has 0 amide bonds. The van der Waals surface area contributed by atoms with Crippen molar-refractivity contribution in [3.8, 4) is 0 Å². The largest absolute Gasteiger partial charge is 0.465 e. The number of esters is 1. The van der Waals surface area contributed by atoms with Crippen LogP contribution in [0.25, 0.3) is 0 Å². The van der Waals surface area contributed by atoms with Crippen LogP contribution in [0.5, 0.6) is 0 Å². The van der Waals surface area contributed by atoms with Crippen molar-refractivity contribution in [2.45, 2.75) is 52.5 Å². The minimum Gasteiger partial charge on any atom is -0.465 e. The Bertz CT molecular complexity index is 220. The molecule has 1 aliphatic carbocycles. The van der Waals surface area contributed by atoms with E-state index < -0.39 is 0 Å². The Hall–Kier alpha value is -0.570. The minimum atomic E-state index is -0.0933. The van der Waals surface area contributed by atoms with Crippen LogP contribution in [0.2, 0.25) is 0 Å². The summed E-state index contributed by atoms with van der Waals surface area (Å²) in [4.78, 5) is 11.6. The van der Waals surface area contributed by atoms with E-state index in [0.717, 1.165) is 25.7 Å². The average Bonchev–Trinajstić information content (AvgIpc) is 2.48. The lowest BCUT2D eigenvalue weighted by Gasteiger charge is -2.19. The summed E-state index contributed by atoms with van der Waals surface area (Å²) in [5.41, 5.74) is 6.06. The Morgan fingerprint density at radius 2 is 2.07 bits per heavy atom. The van der Waals surface area contributed by atoms with Gasteiger partial charge in [-0.25, -0.2) is 0 Å². The van der Waals surface area contributed by atoms with Crippen LogP contribution < -0.4 is 5.73 Å². The molecule has 0 heterocycles. The molecule has 0 saturated heterocycles. The molecule has 15 heavy (non-hydrogen) atoms. The van der Waals surface area contributed by atoms with Crippen LogP contribution in [-0.4, -0.2) is 18.6 Å². The predicted molar refractivity (Wildman–Crippen MR) is 60.3 cm³/mol. The van der Waals surface area contributed by atoms with Gasteiger partial charge in [0.05, 0.1) is 12.5 Å². The summed E-state index contributed by atoms with van der Waals surface area (Å²) in [5.74, 6) is -0.144. The summed E-state index contributed by atoms with van der Waals surface area (Å²) in [6.07, 6.45) is 3.81. The topological polar surface area (TPSA) is 52.3 Å². The number of hydrogen-bond acceptors (Lipinski definition) is 3. The Morgan fingerprint density at radius 1 is 1.40 bits per heavy atom. The Balaban J connectivity index is 2.24. The maximum atomic E-state index is 11.6. The maximum Gasteiger partial charge on any atom is 0.310 e. The monoisotopic (exact) mass is 213 g/mol. The first-order chi connectivity index (χ1) is 6.90. The molecule has 0 aromatic heterocycles. The van der Waals surface area contributed by atoms with Gasteiger partial charge in [0.2, 0.25) is 0 Å². The standard InChI is InChI=1S/C12H23NO2/c1-12(2,3)7-8-15-11(14)9-5-4-6-10(9)13/h9-10H,4-8,13H2,1-3H3. The van der Waals surface area contributed by atoms with Crippen LogP contribution in [0.1, 0.15) is 46.5 Å². The van der Waals surface area contributed by atoms with E-state index in [4.69, 9.17) is 10.5 Å². The normalized spacial score (nSPS) is 26.7. The molecule has 2 atom stereocenters. The van der Waals surface area contributed by atoms with Crippen LogP contribution in [0.3, 0.4) is 0 Å². The zero-order chi connectivity index (χ0) is 11.5. The zero-order valence-electron chi connectivity index (χ0n) is 10.1. The van der Waals surface area contributed by atoms with E-state index in [9.17, 15) is 4.79 Å². The van der Waals surface area contributed by atoms with Crippen LogP contribution in [0.15, 0.2) is 0 Å². The molecular formula is C12H23NO2. The van der Waals surface area contributed by atoms with Gasteiger partial charge in [-0.3, -0.25) is 4.79 Å². The minimum absolute atomic E-state index is 0.0205. The Kier molecular flexibility index (Phi) is 4.14. The van der Waals surface area contributed by atoms with E-state index in [1.807, 2.05) is 0 Å². The molecule has 0 aliphatic heterocycles. The quantitative estimate of drug-likeness (QED) is 0.730. The Labute approximate surface area is 92.4 Å². The van der Waals surface area contributed by atoms with Crippen molar-refractivity contribution in [3.63, 3.8) is 0 Å². The lowest BCUT2D eigenvalue weighted by atomic mass is 9.93. The highest BCUT2D eigenvalue weighted by atomic mass is 16.5. The van der Waals surface area contributed by atoms with E-state index in [1.54, 1.807) is 0 Å². The second kappa shape index (κ2) is 4.97. The van der Waals surface area contributed by atoms with Gasteiger partial charge >= 0.3 is 5.97 Å². The molecule has 0 spiro atoms. The van der Waals surface area contributed by atoms with E-state index in [1.165, 1.54) is 0 Å². The third-order valence-electron chi connectivity index (χ3n) is 2.97. The molecule has 2 unspecified atom stereocenters. The lowest BCUT2D eigenvalue weighted by molar-refractivity contribution is -0.149. The molecule has 0 radical (unpaired) electrons. The van der Waals surface area contributed by atoms with Gasteiger partial charge in [-0.05, 0) is 24.7 Å². The summed E-state index contributed by atoms with van der Waals surface area (Å²) in [5, 5.41) is 0. The predicted octanol–water partition coefficient (Wildman–Crippen LogP) is 2.09. The first kappa shape index (κ1) is 12.5. The summed E-state index contributed by atoms with van der Waals surface area (Å²) < 4.78 is 5.25. The van der Waals surface area contributed by atoms with Crippen molar-refractivity contribution in [1.29, 1.82) is 0 Å². The highest BCUT2D eigenvalue weighted by molar-refractivity contribution is 5.73. The van der Waals surface area contributed by atoms with Crippen LogP contribution in [0, 0.1) is 11.3 Å². The molecule has 0 bridgehead atoms. The number of ether oxygens (including phenoxy) is 1. The number of carbonyl (C=O) groups excluding carboxylic acids is 1. The molecule has 1 rings (SSSR count). The van der Waals surface area contributed by atoms with Gasteiger partial charge in [-0.15, -0.1) is 0 Å². The summed E-state index contributed by atoms with van der Waals surface area (Å²) in [6, 6.07) is 0.0205. The number of carbonyl (C=O) groups is 1. The summed E-state index contributed by atoms with van der Waals surface area (Å²) in [7, 11) is 0. The van der Waals surface area contributed by atoms with E-state index in [0.29, 0.717) is 6.61 Å². The average molecular weight is 213 g/mol. The van der Waals surface area contributed by atoms with E-state index in [-0.39, 0.29) is 23.3 Å². The molecule has 1 fully saturated rings. The summed E-state index contributed by atoms with van der Waals surface area (Å²) >= 11 is 0. The third kappa shape index (κ3) is 4.20. The van der Waals surface area contributed by atoms with Crippen LogP contribution >= 0.6 is 0 Å². The highest BCUT2D eigenvalue weighted by Gasteiger charge is 2.31. The van der Waals surface area contributed by atoms with Crippen molar-refractivity contribution in [2.24, 2.45) is 17.1 Å². The van der Waals surface area contributed by atoms with E-state index >= 15 is 0 Å². The van der Waals surface area contributed by atoms with Crippen molar-refractivity contribution in [3.05, 3.63) is 0 Å². The second-order valence-electron chi connectivity index (χ2n) is 5.68. The molecule has 0 aromatic rings. The first-order valence-corrected chi connectivity index (χ1v) is 5.82. The molecule has 1 aliphatic rings. The lowest BCUT2D eigenvalue weighted by Crippen LogP contribution is -2.32. The van der Waals surface area contributed by atoms with Crippen molar-refractivity contribution >= 4 is 5.97 Å². The van der Waals surface area contributed by atoms with Gasteiger partial charge < -0.3 is 10.5 Å². The number of nitrogens with two attached hydrogens (primary N) is 1. The van der Waals surface area contributed by atoms with Gasteiger partial charge in [0.25, 0.3) is 0 Å². The van der Waals surface area contributed by atoms with Crippen molar-refractivity contribution in [1.82, 2.24) is 0 Å². The fourth-order valence-electron chi connectivity index (χ4n) is 1.85. The van der Waals surface area contributed by atoms with E-state index in [2.05, 4.69) is 20.8 Å². The zero-order valence-corrected chi connectivity index (χ0v) is 10.1. The molecule has 3 nitrogen and oxygen atoms in total. The van der Waals surface area contributed by atoms with Crippen molar-refractivity contribution in [2.75, 3.05) is 6.61 Å². The SMILES string of the molecule is CC(C)(C)CCOC(=O)C1CCCC1N. The smallest absolute Gasteiger partial charge is 0.310 e. The fraction of sp³-hybridized carbons (Fsp3) is 0.917. The van der Waals surface area contributed by atoms with Crippen LogP contribution in [-0.2, 0) is 9.53 Å². The molecule has 3 heteroatoms. The highest BCUT2D eigenvalue weighted by Crippen LogP contribution is 2.25. The molecule has 2 N–H and O–H groups in total. The second-order valence-corrected chi connectivity index (χ2v) is 5.68. The van der Waals surface area contributed by atoms with Crippen LogP contribution in [0.4, 0.5) is 0 Å². The van der Waals surface area contributed by atoms with Crippen molar-refractivity contribution < 1.29 is 9.53 Å². The fourth-order valence-corrected chi connectivity index (χ4v) is 1.85. The van der Waals surface area contributed by atoms with Gasteiger partial charge in [0.1, 0.15) is 0 Å². The molecule has 0 aromatic carbocycles. The van der Waals surface area contributed by atoms with Gasteiger partial charge in [0, 0.05) is 6.04 Å². The van der Waals surface area contributed by atoms with Gasteiger partial charge in [-0.1, -0.05) is 27.2 Å². The maximum absolute atomic E-state index is 11.6. The third-order valence-corrected chi connectivity index (χ3v) is 2.97. The first-order valence-electron chi connectivity index (χ1n) is 5.82. The van der Waals surface area contributed by atoms with Gasteiger partial charge in [-0.2, -0.15) is 0 Å². The molecule has 1 saturated carbocycles. The molecular weight excluding hydrogens is 190 g/mol. The number of rotatable bonds is 3. The van der Waals surface area contributed by atoms with Gasteiger partial charge in [0.15, 0.2) is 0 Å². The number of hydrogen-bond donors (Lipinski definition) is 1. The Morgan fingerprint density at radius 3 is 2.53 bits per heavy atom. The summed E-state index contributed by atoms with van der Waals surface area (Å²) in [6.45, 7) is 6.94.